The van der Waals surface area contributed by atoms with E-state index in [-0.39, 0.29) is 23.5 Å². The molecule has 0 radical (unpaired) electrons. The second kappa shape index (κ2) is 8.44. The van der Waals surface area contributed by atoms with Crippen LogP contribution < -0.4 is 4.74 Å². The van der Waals surface area contributed by atoms with Gasteiger partial charge in [0, 0.05) is 25.2 Å². The highest BCUT2D eigenvalue weighted by molar-refractivity contribution is 7.89. The maximum Gasteiger partial charge on any atom is 0.343 e. The second-order valence-corrected chi connectivity index (χ2v) is 7.73. The number of nitrogens with zero attached hydrogens (tertiary/aromatic N) is 2. The third-order valence-corrected chi connectivity index (χ3v) is 6.26. The highest BCUT2D eigenvalue weighted by Crippen LogP contribution is 2.29. The summed E-state index contributed by atoms with van der Waals surface area (Å²) in [6, 6.07) is 6.39. The topological polar surface area (TPSA) is 107 Å². The molecule has 0 saturated carbocycles. The Balaban J connectivity index is 2.44. The van der Waals surface area contributed by atoms with E-state index in [1.54, 1.807) is 20.8 Å². The molecule has 2 aromatic carbocycles. The SMILES string of the molecule is CCN(CC)S(=O)(=O)c1cc(C(=O)Oc2cc(F)ccc2[N+](=O)[O-])ccc1C. The molecule has 0 unspecified atom stereocenters. The maximum atomic E-state index is 13.4. The molecule has 150 valence electrons. The zero-order valence-electron chi connectivity index (χ0n) is 15.5. The first kappa shape index (κ1) is 21.5. The van der Waals surface area contributed by atoms with Gasteiger partial charge in [-0.1, -0.05) is 19.9 Å². The molecule has 0 aliphatic heterocycles. The van der Waals surface area contributed by atoms with E-state index in [0.717, 1.165) is 24.3 Å². The molecule has 0 atom stereocenters. The van der Waals surface area contributed by atoms with Crippen LogP contribution >= 0.6 is 0 Å². The Labute approximate surface area is 161 Å². The Morgan fingerprint density at radius 1 is 1.18 bits per heavy atom. The summed E-state index contributed by atoms with van der Waals surface area (Å²) in [6.07, 6.45) is 0. The van der Waals surface area contributed by atoms with Crippen LogP contribution in [0.2, 0.25) is 0 Å². The minimum atomic E-state index is -3.83. The number of nitro benzene ring substituents is 1. The smallest absolute Gasteiger partial charge is 0.343 e. The summed E-state index contributed by atoms with van der Waals surface area (Å²) in [6.45, 7) is 5.48. The first-order valence-corrected chi connectivity index (χ1v) is 9.82. The predicted molar refractivity (Wildman–Crippen MR) is 99.3 cm³/mol. The third kappa shape index (κ3) is 4.34. The summed E-state index contributed by atoms with van der Waals surface area (Å²) in [5.41, 5.74) is -0.284. The fourth-order valence-electron chi connectivity index (χ4n) is 2.59. The van der Waals surface area contributed by atoms with Crippen molar-refractivity contribution >= 4 is 21.7 Å². The Hall–Kier alpha value is -2.85. The van der Waals surface area contributed by atoms with Gasteiger partial charge in [0.15, 0.2) is 0 Å². The number of esters is 1. The van der Waals surface area contributed by atoms with Crippen LogP contribution in [0, 0.1) is 22.9 Å². The predicted octanol–water partition coefficient (Wildman–Crippen LogP) is 3.29. The van der Waals surface area contributed by atoms with Gasteiger partial charge in [-0.3, -0.25) is 10.1 Å². The largest absolute Gasteiger partial charge is 0.415 e. The lowest BCUT2D eigenvalue weighted by Crippen LogP contribution is -2.31. The summed E-state index contributed by atoms with van der Waals surface area (Å²) >= 11 is 0. The Kier molecular flexibility index (Phi) is 6.47. The Morgan fingerprint density at radius 3 is 2.39 bits per heavy atom. The molecule has 0 spiro atoms. The molecule has 0 N–H and O–H groups in total. The van der Waals surface area contributed by atoms with Gasteiger partial charge in [-0.2, -0.15) is 4.31 Å². The summed E-state index contributed by atoms with van der Waals surface area (Å²) in [4.78, 5) is 22.6. The molecular formula is C18H19FN2O6S. The molecule has 0 heterocycles. The summed E-state index contributed by atoms with van der Waals surface area (Å²) < 4.78 is 45.2. The van der Waals surface area contributed by atoms with Crippen LogP contribution in [0.1, 0.15) is 29.8 Å². The van der Waals surface area contributed by atoms with Crippen molar-refractivity contribution in [2.24, 2.45) is 0 Å². The van der Waals surface area contributed by atoms with Gasteiger partial charge in [0.1, 0.15) is 5.82 Å². The minimum absolute atomic E-state index is 0.0700. The van der Waals surface area contributed by atoms with E-state index >= 15 is 0 Å². The number of carbonyl (C=O) groups excluding carboxylic acids is 1. The summed E-state index contributed by atoms with van der Waals surface area (Å²) in [5, 5.41) is 11.0. The number of aryl methyl sites for hydroxylation is 1. The second-order valence-electron chi connectivity index (χ2n) is 5.83. The fraction of sp³-hybridized carbons (Fsp3) is 0.278. The van der Waals surface area contributed by atoms with Crippen LogP contribution in [0.5, 0.6) is 5.75 Å². The van der Waals surface area contributed by atoms with Gasteiger partial charge in [-0.05, 0) is 30.7 Å². The number of ether oxygens (including phenoxy) is 1. The quantitative estimate of drug-likeness (QED) is 0.300. The fourth-order valence-corrected chi connectivity index (χ4v) is 4.30. The number of nitro groups is 1. The summed E-state index contributed by atoms with van der Waals surface area (Å²) in [5.74, 6) is -2.42. The zero-order valence-corrected chi connectivity index (χ0v) is 16.3. The first-order valence-electron chi connectivity index (χ1n) is 8.38. The van der Waals surface area contributed by atoms with E-state index in [1.807, 2.05) is 0 Å². The minimum Gasteiger partial charge on any atom is -0.415 e. The van der Waals surface area contributed by atoms with Crippen molar-refractivity contribution in [3.63, 3.8) is 0 Å². The van der Waals surface area contributed by atoms with Crippen LogP contribution in [-0.4, -0.2) is 36.7 Å². The first-order chi connectivity index (χ1) is 13.1. The average Bonchev–Trinajstić information content (AvgIpc) is 2.62. The molecule has 0 bridgehead atoms. The number of rotatable bonds is 7. The lowest BCUT2D eigenvalue weighted by atomic mass is 10.1. The lowest BCUT2D eigenvalue weighted by molar-refractivity contribution is -0.385. The average molecular weight is 410 g/mol. The zero-order chi connectivity index (χ0) is 21.1. The van der Waals surface area contributed by atoms with E-state index in [1.165, 1.54) is 16.4 Å². The molecule has 0 aliphatic carbocycles. The monoisotopic (exact) mass is 410 g/mol. The molecule has 10 heteroatoms. The number of hydrogen-bond donors (Lipinski definition) is 0. The molecule has 8 nitrogen and oxygen atoms in total. The van der Waals surface area contributed by atoms with Crippen LogP contribution in [0.4, 0.5) is 10.1 Å². The summed E-state index contributed by atoms with van der Waals surface area (Å²) in [7, 11) is -3.83. The number of hydrogen-bond acceptors (Lipinski definition) is 6. The van der Waals surface area contributed by atoms with Crippen molar-refractivity contribution in [1.82, 2.24) is 4.31 Å². The maximum absolute atomic E-state index is 13.4. The molecular weight excluding hydrogens is 391 g/mol. The van der Waals surface area contributed by atoms with E-state index in [4.69, 9.17) is 4.74 Å². The van der Waals surface area contributed by atoms with Crippen LogP contribution in [0.3, 0.4) is 0 Å². The molecule has 2 rings (SSSR count). The molecule has 28 heavy (non-hydrogen) atoms. The van der Waals surface area contributed by atoms with Gasteiger partial charge in [0.2, 0.25) is 15.8 Å². The lowest BCUT2D eigenvalue weighted by Gasteiger charge is -2.20. The standard InChI is InChI=1S/C18H19FN2O6S/c1-4-20(5-2)28(25,26)17-10-13(7-6-12(17)3)18(22)27-16-11-14(19)8-9-15(16)21(23)24/h6-11H,4-5H2,1-3H3. The van der Waals surface area contributed by atoms with Crippen molar-refractivity contribution in [3.8, 4) is 5.75 Å². The van der Waals surface area contributed by atoms with Crippen molar-refractivity contribution in [1.29, 1.82) is 0 Å². The highest BCUT2D eigenvalue weighted by atomic mass is 32.2. The highest BCUT2D eigenvalue weighted by Gasteiger charge is 2.26. The Morgan fingerprint density at radius 2 is 1.82 bits per heavy atom. The molecule has 2 aromatic rings. The number of carbonyl (C=O) groups is 1. The molecule has 0 saturated heterocycles. The number of sulfonamides is 1. The van der Waals surface area contributed by atoms with E-state index < -0.39 is 38.2 Å². The van der Waals surface area contributed by atoms with Crippen LogP contribution in [-0.2, 0) is 10.0 Å². The van der Waals surface area contributed by atoms with Crippen molar-refractivity contribution in [3.05, 3.63) is 63.5 Å². The molecule has 0 amide bonds. The normalized spacial score (nSPS) is 11.5. The molecule has 0 fully saturated rings. The third-order valence-electron chi connectivity index (χ3n) is 4.07. The van der Waals surface area contributed by atoms with Crippen LogP contribution in [0.15, 0.2) is 41.3 Å². The van der Waals surface area contributed by atoms with Crippen molar-refractivity contribution in [2.75, 3.05) is 13.1 Å². The van der Waals surface area contributed by atoms with Gasteiger partial charge >= 0.3 is 11.7 Å². The van der Waals surface area contributed by atoms with Gasteiger partial charge in [-0.15, -0.1) is 0 Å². The van der Waals surface area contributed by atoms with Gasteiger partial charge in [0.25, 0.3) is 0 Å². The van der Waals surface area contributed by atoms with E-state index in [2.05, 4.69) is 0 Å². The van der Waals surface area contributed by atoms with E-state index in [9.17, 15) is 27.7 Å². The van der Waals surface area contributed by atoms with Crippen molar-refractivity contribution < 1.29 is 27.3 Å². The molecule has 0 aliphatic rings. The number of halogens is 1. The van der Waals surface area contributed by atoms with Gasteiger partial charge < -0.3 is 4.74 Å². The van der Waals surface area contributed by atoms with Gasteiger partial charge in [-0.25, -0.2) is 17.6 Å². The number of benzene rings is 2. The van der Waals surface area contributed by atoms with Crippen molar-refractivity contribution in [2.45, 2.75) is 25.7 Å². The van der Waals surface area contributed by atoms with Gasteiger partial charge in [0.05, 0.1) is 15.4 Å². The molecule has 0 aromatic heterocycles. The van der Waals surface area contributed by atoms with Crippen LogP contribution in [0.25, 0.3) is 0 Å². The Bertz CT molecular complexity index is 1020. The van der Waals surface area contributed by atoms with E-state index in [0.29, 0.717) is 5.56 Å².